The molecule has 0 unspecified atom stereocenters. The molecule has 0 radical (unpaired) electrons. The second-order valence-electron chi connectivity index (χ2n) is 7.58. The minimum absolute atomic E-state index is 0.0907. The van der Waals surface area contributed by atoms with Crippen molar-refractivity contribution in [2.45, 2.75) is 57.6 Å². The van der Waals surface area contributed by atoms with Gasteiger partial charge in [0.15, 0.2) is 0 Å². The highest BCUT2D eigenvalue weighted by molar-refractivity contribution is 5.79. The summed E-state index contributed by atoms with van der Waals surface area (Å²) in [7, 11) is 0. The summed E-state index contributed by atoms with van der Waals surface area (Å²) in [6.45, 7) is 5.59. The van der Waals surface area contributed by atoms with Gasteiger partial charge in [-0.05, 0) is 32.2 Å². The summed E-state index contributed by atoms with van der Waals surface area (Å²) in [5, 5.41) is 10.4. The molecule has 0 aromatic rings. The van der Waals surface area contributed by atoms with E-state index < -0.39 is 0 Å². The zero-order valence-electron chi connectivity index (χ0n) is 14.8. The molecule has 3 atom stereocenters. The Morgan fingerprint density at radius 1 is 0.917 bits per heavy atom. The highest BCUT2D eigenvalue weighted by Gasteiger charge is 2.38. The highest BCUT2D eigenvalue weighted by atomic mass is 16.3. The quantitative estimate of drug-likeness (QED) is 0.823. The Bertz CT molecular complexity index is 462. The number of aliphatic hydroxyl groups excluding tert-OH is 1. The van der Waals surface area contributed by atoms with E-state index >= 15 is 0 Å². The van der Waals surface area contributed by atoms with Gasteiger partial charge in [0.05, 0.1) is 12.6 Å². The molecule has 6 heteroatoms. The molecule has 2 heterocycles. The van der Waals surface area contributed by atoms with E-state index in [1.54, 1.807) is 11.8 Å². The van der Waals surface area contributed by atoms with Crippen molar-refractivity contribution in [1.82, 2.24) is 14.7 Å². The SMILES string of the molecule is CC(=O)N1CCN(C(=O)CN2CCC[C@@H]2[C@H]2CCCC[C@@H]2O)CC1. The topological polar surface area (TPSA) is 64.1 Å². The first-order valence-electron chi connectivity index (χ1n) is 9.51. The molecule has 0 bridgehead atoms. The number of aliphatic hydroxyl groups is 1. The van der Waals surface area contributed by atoms with Gasteiger partial charge in [0.2, 0.25) is 11.8 Å². The smallest absolute Gasteiger partial charge is 0.236 e. The lowest BCUT2D eigenvalue weighted by Crippen LogP contribution is -2.53. The molecule has 3 rings (SSSR count). The van der Waals surface area contributed by atoms with Crippen LogP contribution in [0.25, 0.3) is 0 Å². The predicted octanol–water partition coefficient (Wildman–Crippen LogP) is 0.693. The lowest BCUT2D eigenvalue weighted by molar-refractivity contribution is -0.139. The molecular weight excluding hydrogens is 306 g/mol. The molecule has 136 valence electrons. The Hall–Kier alpha value is -1.14. The third-order valence-corrected chi connectivity index (χ3v) is 6.11. The van der Waals surface area contributed by atoms with Crippen LogP contribution in [0.2, 0.25) is 0 Å². The van der Waals surface area contributed by atoms with Gasteiger partial charge in [-0.25, -0.2) is 0 Å². The van der Waals surface area contributed by atoms with Crippen LogP contribution in [0, 0.1) is 5.92 Å². The third kappa shape index (κ3) is 3.91. The molecule has 24 heavy (non-hydrogen) atoms. The Kier molecular flexibility index (Phi) is 5.76. The van der Waals surface area contributed by atoms with Crippen molar-refractivity contribution in [3.8, 4) is 0 Å². The maximum atomic E-state index is 12.7. The minimum atomic E-state index is -0.196. The lowest BCUT2D eigenvalue weighted by atomic mass is 9.80. The fraction of sp³-hybridized carbons (Fsp3) is 0.889. The summed E-state index contributed by atoms with van der Waals surface area (Å²) in [5.74, 6) is 0.604. The van der Waals surface area contributed by atoms with Crippen LogP contribution in [-0.4, -0.2) is 83.0 Å². The number of carbonyl (C=O) groups excluding carboxylic acids is 2. The number of likely N-dealkylation sites (tertiary alicyclic amines) is 1. The van der Waals surface area contributed by atoms with Crippen LogP contribution in [0.5, 0.6) is 0 Å². The number of amides is 2. The van der Waals surface area contributed by atoms with Crippen molar-refractivity contribution >= 4 is 11.8 Å². The zero-order chi connectivity index (χ0) is 17.1. The first-order valence-corrected chi connectivity index (χ1v) is 9.51. The van der Waals surface area contributed by atoms with Crippen molar-refractivity contribution in [3.63, 3.8) is 0 Å². The van der Waals surface area contributed by atoms with Crippen molar-refractivity contribution in [3.05, 3.63) is 0 Å². The molecule has 0 spiro atoms. The maximum absolute atomic E-state index is 12.7. The van der Waals surface area contributed by atoms with Crippen molar-refractivity contribution in [1.29, 1.82) is 0 Å². The van der Waals surface area contributed by atoms with E-state index in [0.29, 0.717) is 44.7 Å². The van der Waals surface area contributed by atoms with Crippen LogP contribution in [0.1, 0.15) is 45.4 Å². The largest absolute Gasteiger partial charge is 0.393 e. The fourth-order valence-corrected chi connectivity index (χ4v) is 4.67. The van der Waals surface area contributed by atoms with E-state index in [9.17, 15) is 14.7 Å². The fourth-order valence-electron chi connectivity index (χ4n) is 4.67. The van der Waals surface area contributed by atoms with E-state index in [-0.39, 0.29) is 17.9 Å². The lowest BCUT2D eigenvalue weighted by Gasteiger charge is -2.39. The molecule has 1 saturated carbocycles. The molecule has 3 fully saturated rings. The molecule has 6 nitrogen and oxygen atoms in total. The van der Waals surface area contributed by atoms with Gasteiger partial charge in [-0.15, -0.1) is 0 Å². The zero-order valence-corrected chi connectivity index (χ0v) is 14.8. The Morgan fingerprint density at radius 3 is 2.25 bits per heavy atom. The van der Waals surface area contributed by atoms with E-state index in [0.717, 1.165) is 38.6 Å². The van der Waals surface area contributed by atoms with Gasteiger partial charge in [0.25, 0.3) is 0 Å². The van der Waals surface area contributed by atoms with Gasteiger partial charge >= 0.3 is 0 Å². The highest BCUT2D eigenvalue weighted by Crippen LogP contribution is 2.34. The first-order chi connectivity index (χ1) is 11.6. The summed E-state index contributed by atoms with van der Waals surface area (Å²) < 4.78 is 0. The normalized spacial score (nSPS) is 32.2. The number of carbonyl (C=O) groups is 2. The first kappa shape index (κ1) is 17.7. The van der Waals surface area contributed by atoms with Gasteiger partial charge in [-0.1, -0.05) is 12.8 Å². The van der Waals surface area contributed by atoms with Crippen LogP contribution in [-0.2, 0) is 9.59 Å². The summed E-state index contributed by atoms with van der Waals surface area (Å²) in [6.07, 6.45) is 6.37. The van der Waals surface area contributed by atoms with Gasteiger partial charge in [0, 0.05) is 45.1 Å². The minimum Gasteiger partial charge on any atom is -0.393 e. The number of nitrogens with zero attached hydrogens (tertiary/aromatic N) is 3. The standard InChI is InChI=1S/C18H31N3O3/c1-14(22)19-9-11-20(12-10-19)18(24)13-21-8-4-6-16(21)15-5-2-3-7-17(15)23/h15-17,23H,2-13H2,1H3/t15-,16-,17+/m1/s1. The molecule has 1 N–H and O–H groups in total. The number of hydrogen-bond donors (Lipinski definition) is 1. The number of hydrogen-bond acceptors (Lipinski definition) is 4. The summed E-state index contributed by atoms with van der Waals surface area (Å²) in [5.41, 5.74) is 0. The summed E-state index contributed by atoms with van der Waals surface area (Å²) >= 11 is 0. The van der Waals surface area contributed by atoms with E-state index in [4.69, 9.17) is 0 Å². The van der Waals surface area contributed by atoms with Gasteiger partial charge in [-0.3, -0.25) is 14.5 Å². The second-order valence-corrected chi connectivity index (χ2v) is 7.58. The summed E-state index contributed by atoms with van der Waals surface area (Å²) in [4.78, 5) is 30.1. The number of rotatable bonds is 3. The maximum Gasteiger partial charge on any atom is 0.236 e. The van der Waals surface area contributed by atoms with Crippen LogP contribution >= 0.6 is 0 Å². The van der Waals surface area contributed by atoms with Crippen molar-refractivity contribution in [2.24, 2.45) is 5.92 Å². The van der Waals surface area contributed by atoms with Gasteiger partial charge in [-0.2, -0.15) is 0 Å². The van der Waals surface area contributed by atoms with E-state index in [1.807, 2.05) is 4.90 Å². The third-order valence-electron chi connectivity index (χ3n) is 6.11. The number of piperazine rings is 1. The van der Waals surface area contributed by atoms with E-state index in [1.165, 1.54) is 6.42 Å². The molecule has 2 aliphatic heterocycles. The summed E-state index contributed by atoms with van der Waals surface area (Å²) in [6, 6.07) is 0.364. The van der Waals surface area contributed by atoms with Gasteiger partial charge in [0.1, 0.15) is 0 Å². The van der Waals surface area contributed by atoms with E-state index in [2.05, 4.69) is 4.90 Å². The second kappa shape index (κ2) is 7.83. The average molecular weight is 337 g/mol. The van der Waals surface area contributed by atoms with Crippen molar-refractivity contribution in [2.75, 3.05) is 39.3 Å². The molecular formula is C18H31N3O3. The molecule has 2 saturated heterocycles. The van der Waals surface area contributed by atoms with Crippen LogP contribution in [0.4, 0.5) is 0 Å². The van der Waals surface area contributed by atoms with Crippen LogP contribution in [0.3, 0.4) is 0 Å². The Balaban J connectivity index is 1.53. The van der Waals surface area contributed by atoms with Gasteiger partial charge < -0.3 is 14.9 Å². The monoisotopic (exact) mass is 337 g/mol. The predicted molar refractivity (Wildman–Crippen MR) is 91.4 cm³/mol. The van der Waals surface area contributed by atoms with Crippen LogP contribution in [0.15, 0.2) is 0 Å². The van der Waals surface area contributed by atoms with Crippen LogP contribution < -0.4 is 0 Å². The Morgan fingerprint density at radius 2 is 1.58 bits per heavy atom. The molecule has 2 amide bonds. The Labute approximate surface area is 144 Å². The molecule has 0 aromatic heterocycles. The average Bonchev–Trinajstić information content (AvgIpc) is 3.03. The molecule has 1 aliphatic carbocycles. The molecule has 3 aliphatic rings. The molecule has 0 aromatic carbocycles. The van der Waals surface area contributed by atoms with Crippen molar-refractivity contribution < 1.29 is 14.7 Å².